The Morgan fingerprint density at radius 3 is 2.77 bits per heavy atom. The van der Waals surface area contributed by atoms with Gasteiger partial charge in [0.05, 0.1) is 23.3 Å². The minimum Gasteiger partial charge on any atom is -0.493 e. The quantitative estimate of drug-likeness (QED) is 0.362. The Morgan fingerprint density at radius 2 is 1.94 bits per heavy atom. The van der Waals surface area contributed by atoms with Gasteiger partial charge in [-0.15, -0.1) is 0 Å². The van der Waals surface area contributed by atoms with Crippen LogP contribution in [0.25, 0.3) is 32.4 Å². The van der Waals surface area contributed by atoms with Gasteiger partial charge >= 0.3 is 0 Å². The van der Waals surface area contributed by atoms with Crippen LogP contribution in [0.2, 0.25) is 0 Å². The standard InChI is InChI=1S/C25H22NO5/c1-3-15(27)12-29-25-19-11-26-9-8-14-10-21-24(31-13-30-21)18-5-4-17(23(26)22(14)18)16(19)6-7-20(25)28-2/h4-7,10-11H,3,8-9,12-13H2,1-2H3/q+1. The Labute approximate surface area is 178 Å². The van der Waals surface area contributed by atoms with Crippen molar-refractivity contribution in [3.8, 4) is 23.0 Å². The van der Waals surface area contributed by atoms with Crippen molar-refractivity contribution in [2.45, 2.75) is 26.3 Å². The van der Waals surface area contributed by atoms with Crippen LogP contribution in [-0.2, 0) is 17.8 Å². The van der Waals surface area contributed by atoms with Gasteiger partial charge < -0.3 is 18.9 Å². The number of rotatable bonds is 5. The summed E-state index contributed by atoms with van der Waals surface area (Å²) in [5.41, 5.74) is 2.47. The van der Waals surface area contributed by atoms with Gasteiger partial charge in [-0.2, -0.15) is 4.57 Å². The number of fused-ring (bicyclic) bond motifs is 4. The van der Waals surface area contributed by atoms with Crippen molar-refractivity contribution in [3.05, 3.63) is 42.1 Å². The molecule has 2 aliphatic rings. The molecule has 0 N–H and O–H groups in total. The zero-order valence-corrected chi connectivity index (χ0v) is 17.5. The highest BCUT2D eigenvalue weighted by Gasteiger charge is 2.29. The van der Waals surface area contributed by atoms with Crippen LogP contribution in [0.15, 0.2) is 36.5 Å². The molecule has 2 aliphatic heterocycles. The van der Waals surface area contributed by atoms with E-state index < -0.39 is 0 Å². The molecule has 0 saturated carbocycles. The molecule has 0 aliphatic carbocycles. The molecule has 0 atom stereocenters. The number of carbonyl (C=O) groups is 1. The summed E-state index contributed by atoms with van der Waals surface area (Å²) in [5.74, 6) is 2.96. The molecule has 0 spiro atoms. The van der Waals surface area contributed by atoms with E-state index in [1.165, 1.54) is 16.5 Å². The van der Waals surface area contributed by atoms with Gasteiger partial charge in [-0.05, 0) is 35.9 Å². The number of aryl methyl sites for hydroxylation is 2. The Morgan fingerprint density at radius 1 is 1.10 bits per heavy atom. The Kier molecular flexibility index (Phi) is 3.96. The van der Waals surface area contributed by atoms with E-state index in [0.29, 0.717) is 17.9 Å². The lowest BCUT2D eigenvalue weighted by Crippen LogP contribution is -2.38. The van der Waals surface area contributed by atoms with Crippen LogP contribution in [0, 0.1) is 0 Å². The van der Waals surface area contributed by atoms with Crippen LogP contribution in [0.1, 0.15) is 18.9 Å². The lowest BCUT2D eigenvalue weighted by molar-refractivity contribution is -0.670. The van der Waals surface area contributed by atoms with Crippen LogP contribution in [0.3, 0.4) is 0 Å². The van der Waals surface area contributed by atoms with Crippen molar-refractivity contribution in [1.29, 1.82) is 0 Å². The molecule has 156 valence electrons. The van der Waals surface area contributed by atoms with Gasteiger partial charge in [-0.1, -0.05) is 6.92 Å². The van der Waals surface area contributed by atoms with E-state index in [4.69, 9.17) is 18.9 Å². The molecule has 3 heterocycles. The molecule has 6 nitrogen and oxygen atoms in total. The summed E-state index contributed by atoms with van der Waals surface area (Å²) in [6.45, 7) is 2.99. The van der Waals surface area contributed by atoms with Crippen LogP contribution < -0.4 is 23.5 Å². The predicted octanol–water partition coefficient (Wildman–Crippen LogP) is 4.09. The van der Waals surface area contributed by atoms with Crippen molar-refractivity contribution >= 4 is 38.2 Å². The number of carbonyl (C=O) groups excluding carboxylic acids is 1. The largest absolute Gasteiger partial charge is 0.493 e. The topological polar surface area (TPSA) is 57.9 Å². The molecule has 31 heavy (non-hydrogen) atoms. The fourth-order valence-electron chi connectivity index (χ4n) is 4.80. The second kappa shape index (κ2) is 6.74. The lowest BCUT2D eigenvalue weighted by Gasteiger charge is -2.18. The van der Waals surface area contributed by atoms with Crippen molar-refractivity contribution in [1.82, 2.24) is 0 Å². The van der Waals surface area contributed by atoms with Gasteiger partial charge in [-0.3, -0.25) is 4.79 Å². The van der Waals surface area contributed by atoms with E-state index in [-0.39, 0.29) is 19.2 Å². The minimum absolute atomic E-state index is 0.0371. The first kappa shape index (κ1) is 18.2. The molecular weight excluding hydrogens is 394 g/mol. The molecule has 0 radical (unpaired) electrons. The average molecular weight is 416 g/mol. The average Bonchev–Trinajstić information content (AvgIpc) is 3.28. The second-order valence-corrected chi connectivity index (χ2v) is 7.97. The molecule has 0 fully saturated rings. The molecule has 0 amide bonds. The van der Waals surface area contributed by atoms with Crippen LogP contribution in [0.4, 0.5) is 0 Å². The van der Waals surface area contributed by atoms with Gasteiger partial charge in [0.15, 0.2) is 41.5 Å². The summed E-state index contributed by atoms with van der Waals surface area (Å²) in [5, 5.41) is 5.45. The Hall–Kier alpha value is -3.54. The number of hydrogen-bond acceptors (Lipinski definition) is 5. The van der Waals surface area contributed by atoms with Crippen molar-refractivity contribution in [3.63, 3.8) is 0 Å². The highest BCUT2D eigenvalue weighted by Crippen LogP contribution is 2.46. The number of ether oxygens (including phenoxy) is 4. The third-order valence-electron chi connectivity index (χ3n) is 6.33. The summed E-state index contributed by atoms with van der Waals surface area (Å²) in [4.78, 5) is 11.9. The predicted molar refractivity (Wildman–Crippen MR) is 116 cm³/mol. The Bertz CT molecular complexity index is 1410. The monoisotopic (exact) mass is 416 g/mol. The molecular formula is C25H22NO5+. The number of pyridine rings is 1. The number of aromatic nitrogens is 1. The summed E-state index contributed by atoms with van der Waals surface area (Å²) in [7, 11) is 1.62. The summed E-state index contributed by atoms with van der Waals surface area (Å²) >= 11 is 0. The van der Waals surface area contributed by atoms with E-state index >= 15 is 0 Å². The van der Waals surface area contributed by atoms with Crippen molar-refractivity contribution in [2.75, 3.05) is 20.5 Å². The molecule has 1 aromatic heterocycles. The van der Waals surface area contributed by atoms with Gasteiger partial charge in [0, 0.05) is 23.6 Å². The fourth-order valence-corrected chi connectivity index (χ4v) is 4.80. The van der Waals surface area contributed by atoms with Gasteiger partial charge in [0.1, 0.15) is 6.61 Å². The molecule has 3 aromatic carbocycles. The molecule has 4 aromatic rings. The summed E-state index contributed by atoms with van der Waals surface area (Å²) in [6, 6.07) is 10.4. The normalized spacial score (nSPS) is 14.0. The van der Waals surface area contributed by atoms with Gasteiger partial charge in [0.25, 0.3) is 0 Å². The molecule has 0 bridgehead atoms. The number of hydrogen-bond donors (Lipinski definition) is 0. The van der Waals surface area contributed by atoms with Crippen molar-refractivity contribution in [2.24, 2.45) is 0 Å². The van der Waals surface area contributed by atoms with Gasteiger partial charge in [0.2, 0.25) is 12.3 Å². The van der Waals surface area contributed by atoms with Crippen LogP contribution in [0.5, 0.6) is 23.0 Å². The highest BCUT2D eigenvalue weighted by molar-refractivity contribution is 6.17. The first-order chi connectivity index (χ1) is 15.2. The summed E-state index contributed by atoms with van der Waals surface area (Å²) < 4.78 is 25.3. The third-order valence-corrected chi connectivity index (χ3v) is 6.33. The smallest absolute Gasteiger partial charge is 0.231 e. The van der Waals surface area contributed by atoms with E-state index in [9.17, 15) is 4.79 Å². The second-order valence-electron chi connectivity index (χ2n) is 7.97. The first-order valence-corrected chi connectivity index (χ1v) is 10.5. The minimum atomic E-state index is 0.0371. The maximum atomic E-state index is 11.9. The first-order valence-electron chi connectivity index (χ1n) is 10.5. The number of Topliss-reactive ketones (excluding diaryl/α,β-unsaturated/α-hetero) is 1. The van der Waals surface area contributed by atoms with E-state index in [1.807, 2.05) is 13.0 Å². The lowest BCUT2D eigenvalue weighted by atomic mass is 9.93. The van der Waals surface area contributed by atoms with E-state index in [2.05, 4.69) is 35.0 Å². The molecule has 0 unspecified atom stereocenters. The number of ketones is 1. The zero-order valence-electron chi connectivity index (χ0n) is 17.5. The van der Waals surface area contributed by atoms with Gasteiger partial charge in [-0.25, -0.2) is 0 Å². The van der Waals surface area contributed by atoms with Crippen LogP contribution >= 0.6 is 0 Å². The number of methoxy groups -OCH3 is 1. The molecule has 6 rings (SSSR count). The highest BCUT2D eigenvalue weighted by atomic mass is 16.7. The maximum absolute atomic E-state index is 11.9. The SMILES string of the molecule is CCC(=O)COc1c(OC)ccc2c1c[n+]1c3c2ccc2c4c(cc(c23)CC1)OCO4. The maximum Gasteiger partial charge on any atom is 0.231 e. The third kappa shape index (κ3) is 2.57. The van der Waals surface area contributed by atoms with Crippen molar-refractivity contribution < 1.29 is 28.3 Å². The number of nitrogens with zero attached hydrogens (tertiary/aromatic N) is 1. The Balaban J connectivity index is 1.67. The van der Waals surface area contributed by atoms with E-state index in [1.54, 1.807) is 7.11 Å². The summed E-state index contributed by atoms with van der Waals surface area (Å²) in [6.07, 6.45) is 3.48. The number of benzene rings is 3. The molecule has 0 saturated heterocycles. The van der Waals surface area contributed by atoms with E-state index in [0.717, 1.165) is 46.0 Å². The fraction of sp³-hybridized carbons (Fsp3) is 0.280. The van der Waals surface area contributed by atoms with Crippen LogP contribution in [-0.4, -0.2) is 26.3 Å². The molecule has 6 heteroatoms. The zero-order chi connectivity index (χ0) is 21.1.